The summed E-state index contributed by atoms with van der Waals surface area (Å²) in [5.41, 5.74) is 3.17. The summed E-state index contributed by atoms with van der Waals surface area (Å²) in [7, 11) is 0. The third-order valence-electron chi connectivity index (χ3n) is 6.62. The van der Waals surface area contributed by atoms with E-state index in [1.807, 2.05) is 56.4 Å². The molecule has 2 fully saturated rings. The van der Waals surface area contributed by atoms with E-state index < -0.39 is 6.04 Å². The van der Waals surface area contributed by atoms with E-state index in [-0.39, 0.29) is 18.1 Å². The minimum absolute atomic E-state index is 0.0621. The number of pyridine rings is 1. The second-order valence-corrected chi connectivity index (χ2v) is 9.57. The topological polar surface area (TPSA) is 118 Å². The molecule has 2 aromatic heterocycles. The first-order valence-electron chi connectivity index (χ1n) is 12.1. The van der Waals surface area contributed by atoms with Gasteiger partial charge in [-0.3, -0.25) is 9.78 Å². The maximum absolute atomic E-state index is 12.7. The van der Waals surface area contributed by atoms with Gasteiger partial charge in [-0.2, -0.15) is 5.26 Å². The predicted molar refractivity (Wildman–Crippen MR) is 130 cm³/mol. The number of carbonyl (C=O) groups is 1. The van der Waals surface area contributed by atoms with E-state index in [0.717, 1.165) is 30.5 Å². The number of aromatic nitrogens is 4. The number of fused-ring (bicyclic) bond motifs is 2. The van der Waals surface area contributed by atoms with E-state index in [2.05, 4.69) is 32.0 Å². The quantitative estimate of drug-likeness (QED) is 0.519. The molecule has 3 aromatic rings. The van der Waals surface area contributed by atoms with Gasteiger partial charge in [0.05, 0.1) is 42.0 Å². The smallest absolute Gasteiger partial charge is 0.238 e. The minimum atomic E-state index is -0.569. The summed E-state index contributed by atoms with van der Waals surface area (Å²) in [4.78, 5) is 17.1. The van der Waals surface area contributed by atoms with Gasteiger partial charge in [-0.1, -0.05) is 17.3 Å². The van der Waals surface area contributed by atoms with E-state index in [9.17, 15) is 10.1 Å². The fourth-order valence-corrected chi connectivity index (χ4v) is 4.94. The van der Waals surface area contributed by atoms with Crippen molar-refractivity contribution in [2.75, 3.05) is 0 Å². The predicted octanol–water partition coefficient (Wildman–Crippen LogP) is 2.81. The number of hydrogen-bond donors (Lipinski definition) is 2. The molecule has 1 aliphatic carbocycles. The Balaban J connectivity index is 1.20. The fourth-order valence-electron chi connectivity index (χ4n) is 4.94. The molecule has 1 aliphatic heterocycles. The lowest BCUT2D eigenvalue weighted by Crippen LogP contribution is -2.50. The zero-order valence-corrected chi connectivity index (χ0v) is 19.9. The van der Waals surface area contributed by atoms with Crippen LogP contribution in [-0.4, -0.2) is 50.1 Å². The molecule has 1 saturated carbocycles. The lowest BCUT2D eigenvalue weighted by Gasteiger charge is -2.23. The van der Waals surface area contributed by atoms with E-state index in [4.69, 9.17) is 4.74 Å². The zero-order chi connectivity index (χ0) is 24.4. The van der Waals surface area contributed by atoms with Crippen LogP contribution in [0.4, 0.5) is 0 Å². The Hall–Kier alpha value is -3.77. The van der Waals surface area contributed by atoms with E-state index in [1.54, 1.807) is 10.9 Å². The van der Waals surface area contributed by atoms with Crippen LogP contribution >= 0.6 is 0 Å². The number of nitrogens with zero attached hydrogens (tertiary/aromatic N) is 5. The molecule has 9 nitrogen and oxygen atoms in total. The molecular formula is C26H29N7O2. The van der Waals surface area contributed by atoms with Gasteiger partial charge >= 0.3 is 0 Å². The van der Waals surface area contributed by atoms with Crippen molar-refractivity contribution in [1.82, 2.24) is 30.6 Å². The third kappa shape index (κ3) is 5.17. The second-order valence-electron chi connectivity index (χ2n) is 9.57. The highest BCUT2D eigenvalue weighted by Crippen LogP contribution is 2.35. The lowest BCUT2D eigenvalue weighted by molar-refractivity contribution is -0.124. The van der Waals surface area contributed by atoms with Gasteiger partial charge in [-0.25, -0.2) is 4.68 Å². The number of amides is 1. The van der Waals surface area contributed by atoms with Crippen molar-refractivity contribution in [3.8, 4) is 28.9 Å². The molecule has 180 valence electrons. The molecule has 9 heteroatoms. The molecular weight excluding hydrogens is 442 g/mol. The summed E-state index contributed by atoms with van der Waals surface area (Å²) >= 11 is 0. The zero-order valence-electron chi connectivity index (χ0n) is 19.9. The number of nitrogens with one attached hydrogen (secondary N) is 2. The molecule has 1 aromatic carbocycles. The first-order valence-corrected chi connectivity index (χ1v) is 12.1. The number of carbonyl (C=O) groups excluding carboxylic acids is 1. The highest BCUT2D eigenvalue weighted by molar-refractivity contribution is 5.83. The molecule has 2 aliphatic rings. The van der Waals surface area contributed by atoms with Crippen LogP contribution in [0.15, 0.2) is 48.8 Å². The molecule has 4 atom stereocenters. The van der Waals surface area contributed by atoms with Crippen molar-refractivity contribution >= 4 is 5.91 Å². The van der Waals surface area contributed by atoms with Crippen molar-refractivity contribution in [2.24, 2.45) is 5.92 Å². The van der Waals surface area contributed by atoms with Gasteiger partial charge in [0.2, 0.25) is 5.91 Å². The van der Waals surface area contributed by atoms with Gasteiger partial charge in [-0.05, 0) is 68.9 Å². The largest absolute Gasteiger partial charge is 0.489 e. The van der Waals surface area contributed by atoms with Crippen molar-refractivity contribution < 1.29 is 9.53 Å². The number of rotatable bonds is 8. The molecule has 4 unspecified atom stereocenters. The van der Waals surface area contributed by atoms with Crippen LogP contribution < -0.4 is 15.4 Å². The number of piperidine rings is 1. The van der Waals surface area contributed by atoms with Crippen molar-refractivity contribution in [1.29, 1.82) is 5.26 Å². The van der Waals surface area contributed by atoms with Gasteiger partial charge in [0, 0.05) is 12.5 Å². The number of benzene rings is 1. The summed E-state index contributed by atoms with van der Waals surface area (Å²) in [5, 5.41) is 24.4. The highest BCUT2D eigenvalue weighted by Gasteiger charge is 2.43. The van der Waals surface area contributed by atoms with E-state index >= 15 is 0 Å². The minimum Gasteiger partial charge on any atom is -0.489 e. The average Bonchev–Trinajstić information content (AvgIpc) is 3.62. The molecule has 2 bridgehead atoms. The Morgan fingerprint density at radius 3 is 2.69 bits per heavy atom. The van der Waals surface area contributed by atoms with Crippen molar-refractivity contribution in [3.63, 3.8) is 0 Å². The average molecular weight is 472 g/mol. The molecule has 0 radical (unpaired) electrons. The molecule has 35 heavy (non-hydrogen) atoms. The van der Waals surface area contributed by atoms with Crippen LogP contribution in [-0.2, 0) is 11.2 Å². The van der Waals surface area contributed by atoms with Gasteiger partial charge < -0.3 is 15.4 Å². The van der Waals surface area contributed by atoms with Crippen LogP contribution in [0.2, 0.25) is 0 Å². The fraction of sp³-hybridized carbons (Fsp3) is 0.423. The second kappa shape index (κ2) is 9.84. The molecule has 5 rings (SSSR count). The van der Waals surface area contributed by atoms with Crippen molar-refractivity contribution in [3.05, 3.63) is 54.4 Å². The van der Waals surface area contributed by atoms with Gasteiger partial charge in [0.15, 0.2) is 0 Å². The summed E-state index contributed by atoms with van der Waals surface area (Å²) in [5.74, 6) is 1.05. The Morgan fingerprint density at radius 2 is 2.06 bits per heavy atom. The van der Waals surface area contributed by atoms with Gasteiger partial charge in [0.1, 0.15) is 17.5 Å². The standard InChI is InChI=1S/C26H29N7O2/c1-16(2)35-22-9-10-23(28-14-22)24-15-33(32-31-24)21-7-3-17(4-8-21)11-20(13-27)30-26(34)25-18-5-6-19(12-18)29-25/h3-4,7-10,14-16,18-20,25,29H,5-6,11-12H2,1-2H3,(H,30,34). The van der Waals surface area contributed by atoms with E-state index in [0.29, 0.717) is 35.5 Å². The molecule has 1 amide bonds. The van der Waals surface area contributed by atoms with Gasteiger partial charge in [0.25, 0.3) is 0 Å². The number of hydrogen-bond acceptors (Lipinski definition) is 7. The Kier molecular flexibility index (Phi) is 6.47. The number of nitriles is 1. The van der Waals surface area contributed by atoms with Crippen LogP contribution in [0, 0.1) is 17.2 Å². The molecule has 2 N–H and O–H groups in total. The number of ether oxygens (including phenoxy) is 1. The first-order chi connectivity index (χ1) is 17.0. The van der Waals surface area contributed by atoms with Gasteiger partial charge in [-0.15, -0.1) is 5.10 Å². The van der Waals surface area contributed by atoms with Crippen molar-refractivity contribution in [2.45, 2.75) is 63.8 Å². The molecule has 3 heterocycles. The van der Waals surface area contributed by atoms with Crippen LogP contribution in [0.5, 0.6) is 5.75 Å². The molecule has 1 saturated heterocycles. The summed E-state index contributed by atoms with van der Waals surface area (Å²) < 4.78 is 7.32. The maximum atomic E-state index is 12.7. The van der Waals surface area contributed by atoms with Crippen LogP contribution in [0.3, 0.4) is 0 Å². The first kappa shape index (κ1) is 23.0. The normalized spacial score (nSPS) is 21.6. The third-order valence-corrected chi connectivity index (χ3v) is 6.62. The summed E-state index contributed by atoms with van der Waals surface area (Å²) in [6, 6.07) is 13.4. The Labute approximate surface area is 204 Å². The Bertz CT molecular complexity index is 1210. The van der Waals surface area contributed by atoms with Crippen LogP contribution in [0.1, 0.15) is 38.7 Å². The molecule has 0 spiro atoms. The maximum Gasteiger partial charge on any atom is 0.238 e. The lowest BCUT2D eigenvalue weighted by atomic mass is 9.98. The summed E-state index contributed by atoms with van der Waals surface area (Å²) in [6.07, 6.45) is 7.33. The van der Waals surface area contributed by atoms with E-state index in [1.165, 1.54) is 0 Å². The summed E-state index contributed by atoms with van der Waals surface area (Å²) in [6.45, 7) is 3.94. The van der Waals surface area contributed by atoms with Crippen LogP contribution in [0.25, 0.3) is 17.1 Å². The monoisotopic (exact) mass is 471 g/mol. The SMILES string of the molecule is CC(C)Oc1ccc(-c2cn(-c3ccc(CC(C#N)NC(=O)C4NC5CCC4C5)cc3)nn2)nc1. The highest BCUT2D eigenvalue weighted by atomic mass is 16.5. The Morgan fingerprint density at radius 1 is 1.23 bits per heavy atom.